The molecule has 4 aromatic rings. The maximum atomic E-state index is 14.6. The largest absolute Gasteiger partial charge is 0.468 e. The van der Waals surface area contributed by atoms with Gasteiger partial charge < -0.3 is 14.4 Å². The first-order valence-corrected chi connectivity index (χ1v) is 14.0. The summed E-state index contributed by atoms with van der Waals surface area (Å²) in [5.74, 6) is -2.59. The predicted octanol–water partition coefficient (Wildman–Crippen LogP) is 6.10. The van der Waals surface area contributed by atoms with Gasteiger partial charge in [-0.1, -0.05) is 97.1 Å². The first kappa shape index (κ1) is 28.4. The van der Waals surface area contributed by atoms with Crippen molar-refractivity contribution in [2.24, 2.45) is 5.41 Å². The van der Waals surface area contributed by atoms with Crippen molar-refractivity contribution in [2.75, 3.05) is 7.11 Å². The molecule has 0 aliphatic carbocycles. The third-order valence-electron chi connectivity index (χ3n) is 8.43. The number of fused-ring (bicyclic) bond motifs is 3. The van der Waals surface area contributed by atoms with Crippen molar-refractivity contribution in [2.45, 2.75) is 24.1 Å². The summed E-state index contributed by atoms with van der Waals surface area (Å²) in [6.07, 6.45) is 2.76. The number of nitro groups is 1. The summed E-state index contributed by atoms with van der Waals surface area (Å²) in [6.45, 7) is 0. The Morgan fingerprint density at radius 2 is 1.50 bits per heavy atom. The normalized spacial score (nSPS) is 21.6. The van der Waals surface area contributed by atoms with Gasteiger partial charge in [-0.05, 0) is 33.9 Å². The number of nitrogens with zero attached hydrogens (tertiary/aromatic N) is 3. The van der Waals surface area contributed by atoms with Gasteiger partial charge in [0.15, 0.2) is 11.5 Å². The van der Waals surface area contributed by atoms with Crippen molar-refractivity contribution in [1.82, 2.24) is 4.90 Å². The molecule has 0 spiro atoms. The van der Waals surface area contributed by atoms with E-state index in [1.165, 1.54) is 31.4 Å². The molecule has 2 aliphatic heterocycles. The van der Waals surface area contributed by atoms with E-state index in [4.69, 9.17) is 9.47 Å². The average Bonchev–Trinajstić information content (AvgIpc) is 3.39. The quantitative estimate of drug-likeness (QED) is 0.145. The smallest absolute Gasteiger partial charge is 0.330 e. The van der Waals surface area contributed by atoms with Crippen LogP contribution in [-0.2, 0) is 19.1 Å². The number of benzene rings is 4. The molecule has 4 aromatic carbocycles. The number of nitriles is 1. The zero-order chi connectivity index (χ0) is 30.8. The minimum absolute atomic E-state index is 0.164. The Bertz CT molecular complexity index is 1750. The summed E-state index contributed by atoms with van der Waals surface area (Å²) < 4.78 is 11.6. The fourth-order valence-corrected chi connectivity index (χ4v) is 6.51. The van der Waals surface area contributed by atoms with Crippen molar-refractivity contribution >= 4 is 23.7 Å². The zero-order valence-corrected chi connectivity index (χ0v) is 23.6. The second-order valence-corrected chi connectivity index (χ2v) is 10.7. The van der Waals surface area contributed by atoms with Crippen LogP contribution in [0.5, 0.6) is 0 Å². The van der Waals surface area contributed by atoms with E-state index in [1.54, 1.807) is 11.1 Å². The van der Waals surface area contributed by atoms with Gasteiger partial charge in [0.1, 0.15) is 6.04 Å². The van der Waals surface area contributed by atoms with Gasteiger partial charge >= 0.3 is 11.9 Å². The van der Waals surface area contributed by atoms with Gasteiger partial charge in [-0.3, -0.25) is 14.9 Å². The standard InChI is InChI=1S/C35H27N3O6/c1-43-34(40)35(22-36)29(24-16-18-27(19-17-24)38(41)42)30(37-21-20-23-10-8-9-15-28(23)32(35)37)33(39)44-31(25-11-4-2-5-12-25)26-13-6-3-7-14-26/h2-21,29-32H,1H3/t29-,30+,32+,35+/m0/s1. The van der Waals surface area contributed by atoms with Crippen LogP contribution in [0.1, 0.15) is 45.9 Å². The van der Waals surface area contributed by atoms with Crippen LogP contribution in [-0.4, -0.2) is 34.9 Å². The third-order valence-corrected chi connectivity index (χ3v) is 8.43. The average molecular weight is 586 g/mol. The number of carbonyl (C=O) groups excluding carboxylic acids is 2. The molecule has 0 radical (unpaired) electrons. The lowest BCUT2D eigenvalue weighted by Gasteiger charge is -2.35. The summed E-state index contributed by atoms with van der Waals surface area (Å²) in [7, 11) is 1.20. The lowest BCUT2D eigenvalue weighted by molar-refractivity contribution is -0.384. The maximum Gasteiger partial charge on any atom is 0.330 e. The first-order valence-electron chi connectivity index (χ1n) is 14.0. The van der Waals surface area contributed by atoms with Crippen LogP contribution in [0, 0.1) is 26.9 Å². The number of rotatable bonds is 7. The Morgan fingerprint density at radius 1 is 0.909 bits per heavy atom. The number of carbonyl (C=O) groups is 2. The number of non-ortho nitro benzene ring substituents is 1. The van der Waals surface area contributed by atoms with E-state index in [2.05, 4.69) is 6.07 Å². The van der Waals surface area contributed by atoms with Crippen LogP contribution in [0.25, 0.3) is 6.08 Å². The lowest BCUT2D eigenvalue weighted by atomic mass is 9.67. The molecule has 44 heavy (non-hydrogen) atoms. The van der Waals surface area contributed by atoms with E-state index in [1.807, 2.05) is 91.0 Å². The molecule has 2 aliphatic rings. The van der Waals surface area contributed by atoms with E-state index >= 15 is 0 Å². The van der Waals surface area contributed by atoms with Crippen molar-refractivity contribution in [3.63, 3.8) is 0 Å². The molecule has 1 fully saturated rings. The van der Waals surface area contributed by atoms with Gasteiger partial charge in [-0.25, -0.2) is 4.79 Å². The second kappa shape index (κ2) is 11.5. The summed E-state index contributed by atoms with van der Waals surface area (Å²) >= 11 is 0. The predicted molar refractivity (Wildman–Crippen MR) is 161 cm³/mol. The van der Waals surface area contributed by atoms with Crippen molar-refractivity contribution < 1.29 is 24.0 Å². The topological polar surface area (TPSA) is 123 Å². The second-order valence-electron chi connectivity index (χ2n) is 10.7. The van der Waals surface area contributed by atoms with Gasteiger partial charge in [0.05, 0.1) is 24.1 Å². The zero-order valence-electron chi connectivity index (χ0n) is 23.6. The Hall–Kier alpha value is -5.75. The van der Waals surface area contributed by atoms with Crippen molar-refractivity contribution in [3.8, 4) is 6.07 Å². The highest BCUT2D eigenvalue weighted by atomic mass is 16.6. The van der Waals surface area contributed by atoms with E-state index < -0.39 is 46.4 Å². The highest BCUT2D eigenvalue weighted by Crippen LogP contribution is 2.60. The Kier molecular flexibility index (Phi) is 7.41. The molecule has 0 N–H and O–H groups in total. The van der Waals surface area contributed by atoms with Crippen LogP contribution >= 0.6 is 0 Å². The molecule has 0 saturated carbocycles. The molecule has 218 valence electrons. The minimum atomic E-state index is -1.91. The number of methoxy groups -OCH3 is 1. The van der Waals surface area contributed by atoms with Crippen LogP contribution < -0.4 is 0 Å². The molecule has 1 saturated heterocycles. The molecule has 0 aromatic heterocycles. The fourth-order valence-electron chi connectivity index (χ4n) is 6.51. The van der Waals surface area contributed by atoms with E-state index in [0.717, 1.165) is 16.7 Å². The molecule has 4 atom stereocenters. The number of hydrogen-bond acceptors (Lipinski definition) is 8. The molecule has 0 amide bonds. The number of hydrogen-bond donors (Lipinski definition) is 0. The SMILES string of the molecule is COC(=O)[C@]1(C#N)[C@@H](c2ccc([N+](=O)[O-])cc2)[C@H](C(=O)OC(c2ccccc2)c2ccccc2)N2C=Cc3ccccc3[C@@H]21. The molecular weight excluding hydrogens is 558 g/mol. The van der Waals surface area contributed by atoms with Gasteiger partial charge in [-0.15, -0.1) is 0 Å². The summed E-state index contributed by atoms with van der Waals surface area (Å²) in [5, 5.41) is 22.4. The van der Waals surface area contributed by atoms with Crippen molar-refractivity contribution in [1.29, 1.82) is 5.26 Å². The summed E-state index contributed by atoms with van der Waals surface area (Å²) in [4.78, 5) is 41.1. The Balaban J connectivity index is 1.54. The van der Waals surface area contributed by atoms with E-state index in [-0.39, 0.29) is 5.69 Å². The Morgan fingerprint density at radius 3 is 2.07 bits per heavy atom. The minimum Gasteiger partial charge on any atom is -0.468 e. The van der Waals surface area contributed by atoms with Crippen LogP contribution in [0.3, 0.4) is 0 Å². The maximum absolute atomic E-state index is 14.6. The van der Waals surface area contributed by atoms with Crippen LogP contribution in [0.4, 0.5) is 5.69 Å². The highest BCUT2D eigenvalue weighted by Gasteiger charge is 2.68. The summed E-state index contributed by atoms with van der Waals surface area (Å²) in [5.41, 5.74) is 1.26. The van der Waals surface area contributed by atoms with E-state index in [0.29, 0.717) is 11.1 Å². The van der Waals surface area contributed by atoms with Gasteiger partial charge in [-0.2, -0.15) is 5.26 Å². The van der Waals surface area contributed by atoms with Crippen LogP contribution in [0.2, 0.25) is 0 Å². The van der Waals surface area contributed by atoms with Gasteiger partial charge in [0, 0.05) is 24.3 Å². The number of esters is 2. The molecule has 0 unspecified atom stereocenters. The molecule has 9 nitrogen and oxygen atoms in total. The number of nitro benzene ring substituents is 1. The van der Waals surface area contributed by atoms with Crippen LogP contribution in [0.15, 0.2) is 115 Å². The molecule has 9 heteroatoms. The molecular formula is C35H27N3O6. The monoisotopic (exact) mass is 585 g/mol. The van der Waals surface area contributed by atoms with Gasteiger partial charge in [0.2, 0.25) is 0 Å². The Labute approximate surface area is 253 Å². The fraction of sp³-hybridized carbons (Fsp3) is 0.171. The molecule has 6 rings (SSSR count). The third kappa shape index (κ3) is 4.57. The molecule has 0 bridgehead atoms. The summed E-state index contributed by atoms with van der Waals surface area (Å²) in [6, 6.07) is 31.7. The number of ether oxygens (including phenoxy) is 2. The van der Waals surface area contributed by atoms with Crippen molar-refractivity contribution in [3.05, 3.63) is 153 Å². The first-order chi connectivity index (χ1) is 21.4. The lowest BCUT2D eigenvalue weighted by Crippen LogP contribution is -2.41. The highest BCUT2D eigenvalue weighted by molar-refractivity contribution is 5.90. The van der Waals surface area contributed by atoms with Gasteiger partial charge in [0.25, 0.3) is 5.69 Å². The molecule has 2 heterocycles. The van der Waals surface area contributed by atoms with E-state index in [9.17, 15) is 25.0 Å².